The first-order chi connectivity index (χ1) is 7.90. The van der Waals surface area contributed by atoms with Crippen molar-refractivity contribution in [2.45, 2.75) is 0 Å². The van der Waals surface area contributed by atoms with Crippen LogP contribution in [0.3, 0.4) is 0 Å². The molecule has 0 spiro atoms. The minimum absolute atomic E-state index is 0.655. The summed E-state index contributed by atoms with van der Waals surface area (Å²) in [5.74, 6) is 0.706. The maximum atomic E-state index is 4.94. The molecule has 2 aromatic heterocycles. The van der Waals surface area contributed by atoms with E-state index in [0.717, 1.165) is 17.2 Å². The van der Waals surface area contributed by atoms with E-state index in [1.165, 1.54) is 11.5 Å². The number of pyridine rings is 1. The van der Waals surface area contributed by atoms with Gasteiger partial charge in [-0.25, -0.2) is 0 Å². The Labute approximate surface area is 97.7 Å². The van der Waals surface area contributed by atoms with Crippen LogP contribution in [0.4, 0.5) is 5.13 Å². The molecule has 16 heavy (non-hydrogen) atoms. The van der Waals surface area contributed by atoms with E-state index < -0.39 is 0 Å². The number of aromatic nitrogens is 3. The van der Waals surface area contributed by atoms with E-state index >= 15 is 0 Å². The summed E-state index contributed by atoms with van der Waals surface area (Å²) < 4.78 is 9.19. The molecule has 0 saturated heterocycles. The van der Waals surface area contributed by atoms with E-state index in [0.29, 0.717) is 12.4 Å². The third-order valence-electron chi connectivity index (χ3n) is 1.93. The molecule has 1 N–H and O–H groups in total. The van der Waals surface area contributed by atoms with Crippen molar-refractivity contribution in [3.63, 3.8) is 0 Å². The van der Waals surface area contributed by atoms with Crippen molar-refractivity contribution < 1.29 is 4.74 Å². The van der Waals surface area contributed by atoms with Gasteiger partial charge in [-0.15, -0.1) is 0 Å². The second-order valence-corrected chi connectivity index (χ2v) is 3.84. The molecule has 0 atom stereocenters. The summed E-state index contributed by atoms with van der Waals surface area (Å²) in [6, 6.07) is 3.81. The Morgan fingerprint density at radius 3 is 3.19 bits per heavy atom. The minimum Gasteiger partial charge on any atom is -0.383 e. The molecular formula is C10H12N4OS. The topological polar surface area (TPSA) is 59.9 Å². The molecule has 2 heterocycles. The van der Waals surface area contributed by atoms with Crippen molar-refractivity contribution in [1.82, 2.24) is 14.3 Å². The molecular weight excluding hydrogens is 224 g/mol. The molecule has 0 amide bonds. The number of nitrogens with zero attached hydrogens (tertiary/aromatic N) is 3. The van der Waals surface area contributed by atoms with Crippen molar-refractivity contribution in [2.24, 2.45) is 0 Å². The Kier molecular flexibility index (Phi) is 3.79. The van der Waals surface area contributed by atoms with Gasteiger partial charge in [-0.05, 0) is 12.1 Å². The van der Waals surface area contributed by atoms with Gasteiger partial charge in [0.1, 0.15) is 0 Å². The average molecular weight is 236 g/mol. The zero-order chi connectivity index (χ0) is 11.2. The zero-order valence-electron chi connectivity index (χ0n) is 8.88. The summed E-state index contributed by atoms with van der Waals surface area (Å²) in [6.45, 7) is 1.39. The quantitative estimate of drug-likeness (QED) is 0.800. The number of hydrogen-bond acceptors (Lipinski definition) is 6. The first-order valence-corrected chi connectivity index (χ1v) is 5.64. The Balaban J connectivity index is 2.02. The zero-order valence-corrected chi connectivity index (χ0v) is 9.70. The molecule has 0 saturated carbocycles. The van der Waals surface area contributed by atoms with Gasteiger partial charge in [0.05, 0.1) is 6.61 Å². The Bertz CT molecular complexity index is 431. The third kappa shape index (κ3) is 2.74. The maximum Gasteiger partial charge on any atom is 0.202 e. The summed E-state index contributed by atoms with van der Waals surface area (Å²) in [4.78, 5) is 8.38. The highest BCUT2D eigenvalue weighted by Gasteiger charge is 2.05. The van der Waals surface area contributed by atoms with E-state index in [4.69, 9.17) is 4.74 Å². The molecule has 2 rings (SSSR count). The highest BCUT2D eigenvalue weighted by Crippen LogP contribution is 2.19. The Hall–Kier alpha value is -1.53. The van der Waals surface area contributed by atoms with Gasteiger partial charge in [-0.1, -0.05) is 0 Å². The summed E-state index contributed by atoms with van der Waals surface area (Å²) in [7, 11) is 1.67. The minimum atomic E-state index is 0.655. The number of rotatable bonds is 5. The van der Waals surface area contributed by atoms with Gasteiger partial charge in [0.25, 0.3) is 0 Å². The van der Waals surface area contributed by atoms with Crippen LogP contribution in [0.1, 0.15) is 0 Å². The first kappa shape index (κ1) is 11.0. The molecule has 5 nitrogen and oxygen atoms in total. The summed E-state index contributed by atoms with van der Waals surface area (Å²) >= 11 is 1.34. The highest BCUT2D eigenvalue weighted by molar-refractivity contribution is 7.09. The standard InChI is InChI=1S/C10H12N4OS/c1-15-6-5-12-10-13-9(14-16-10)8-3-2-4-11-7-8/h2-4,7H,5-6H2,1H3,(H,12,13,14). The van der Waals surface area contributed by atoms with Crippen LogP contribution >= 0.6 is 11.5 Å². The molecule has 0 aromatic carbocycles. The molecule has 0 fully saturated rings. The third-order valence-corrected chi connectivity index (χ3v) is 2.60. The van der Waals surface area contributed by atoms with Gasteiger partial charge in [-0.3, -0.25) is 4.98 Å². The molecule has 0 aliphatic carbocycles. The number of anilines is 1. The maximum absolute atomic E-state index is 4.94. The lowest BCUT2D eigenvalue weighted by atomic mass is 10.3. The van der Waals surface area contributed by atoms with Crippen LogP contribution in [0.2, 0.25) is 0 Å². The fraction of sp³-hybridized carbons (Fsp3) is 0.300. The lowest BCUT2D eigenvalue weighted by molar-refractivity contribution is 0.211. The number of hydrogen-bond donors (Lipinski definition) is 1. The van der Waals surface area contributed by atoms with Crippen molar-refractivity contribution in [3.8, 4) is 11.4 Å². The van der Waals surface area contributed by atoms with E-state index in [1.54, 1.807) is 19.5 Å². The summed E-state index contributed by atoms with van der Waals surface area (Å²) in [5, 5.41) is 3.94. The largest absolute Gasteiger partial charge is 0.383 e. The van der Waals surface area contributed by atoms with E-state index in [1.807, 2.05) is 12.1 Å². The SMILES string of the molecule is COCCNc1nc(-c2cccnc2)ns1. The predicted molar refractivity (Wildman–Crippen MR) is 63.5 cm³/mol. The van der Waals surface area contributed by atoms with Crippen LogP contribution in [0.15, 0.2) is 24.5 Å². The normalized spacial score (nSPS) is 10.3. The van der Waals surface area contributed by atoms with Crippen LogP contribution < -0.4 is 5.32 Å². The number of nitrogens with one attached hydrogen (secondary N) is 1. The Morgan fingerprint density at radius 2 is 2.44 bits per heavy atom. The van der Waals surface area contributed by atoms with Crippen molar-refractivity contribution in [2.75, 3.05) is 25.6 Å². The van der Waals surface area contributed by atoms with Crippen LogP contribution in [0, 0.1) is 0 Å². The summed E-state index contributed by atoms with van der Waals surface area (Å²) in [6.07, 6.45) is 3.48. The highest BCUT2D eigenvalue weighted by atomic mass is 32.1. The summed E-state index contributed by atoms with van der Waals surface area (Å²) in [5.41, 5.74) is 0.929. The second kappa shape index (κ2) is 5.53. The fourth-order valence-corrected chi connectivity index (χ4v) is 1.78. The van der Waals surface area contributed by atoms with Gasteiger partial charge in [0, 0.05) is 43.1 Å². The molecule has 0 unspecified atom stereocenters. The molecule has 0 bridgehead atoms. The van der Waals surface area contributed by atoms with Crippen LogP contribution in [-0.4, -0.2) is 34.6 Å². The van der Waals surface area contributed by atoms with Gasteiger partial charge < -0.3 is 10.1 Å². The second-order valence-electron chi connectivity index (χ2n) is 3.08. The van der Waals surface area contributed by atoms with Gasteiger partial charge in [0.2, 0.25) is 5.13 Å². The number of methoxy groups -OCH3 is 1. The number of ether oxygens (including phenoxy) is 1. The van der Waals surface area contributed by atoms with Gasteiger partial charge in [-0.2, -0.15) is 9.36 Å². The lowest BCUT2D eigenvalue weighted by Crippen LogP contribution is -2.06. The molecule has 2 aromatic rings. The monoisotopic (exact) mass is 236 g/mol. The predicted octanol–water partition coefficient (Wildman–Crippen LogP) is 1.66. The van der Waals surface area contributed by atoms with E-state index in [-0.39, 0.29) is 0 Å². The lowest BCUT2D eigenvalue weighted by Gasteiger charge is -1.98. The van der Waals surface area contributed by atoms with E-state index in [2.05, 4.69) is 19.7 Å². The molecule has 84 valence electrons. The molecule has 0 radical (unpaired) electrons. The van der Waals surface area contributed by atoms with Crippen LogP contribution in [-0.2, 0) is 4.74 Å². The Morgan fingerprint density at radius 1 is 1.50 bits per heavy atom. The van der Waals surface area contributed by atoms with Gasteiger partial charge in [0.15, 0.2) is 5.82 Å². The van der Waals surface area contributed by atoms with Crippen molar-refractivity contribution in [3.05, 3.63) is 24.5 Å². The van der Waals surface area contributed by atoms with Crippen LogP contribution in [0.5, 0.6) is 0 Å². The first-order valence-electron chi connectivity index (χ1n) is 4.87. The fourth-order valence-electron chi connectivity index (χ4n) is 1.17. The van der Waals surface area contributed by atoms with Gasteiger partial charge >= 0.3 is 0 Å². The molecule has 6 heteroatoms. The van der Waals surface area contributed by atoms with Crippen molar-refractivity contribution >= 4 is 16.7 Å². The molecule has 0 aliphatic heterocycles. The van der Waals surface area contributed by atoms with Crippen molar-refractivity contribution in [1.29, 1.82) is 0 Å². The van der Waals surface area contributed by atoms with E-state index in [9.17, 15) is 0 Å². The molecule has 0 aliphatic rings. The smallest absolute Gasteiger partial charge is 0.202 e. The average Bonchev–Trinajstić information content (AvgIpc) is 2.79. The van der Waals surface area contributed by atoms with Crippen LogP contribution in [0.25, 0.3) is 11.4 Å².